The molecule has 29 heavy (non-hydrogen) atoms. The quantitative estimate of drug-likeness (QED) is 0.459. The second-order valence-corrected chi connectivity index (χ2v) is 7.95. The topological polar surface area (TPSA) is 41.6 Å². The van der Waals surface area contributed by atoms with Crippen molar-refractivity contribution in [3.8, 4) is 0 Å². The molecule has 1 aliphatic carbocycles. The van der Waals surface area contributed by atoms with Gasteiger partial charge >= 0.3 is 0 Å². The van der Waals surface area contributed by atoms with E-state index < -0.39 is 11.6 Å². The third-order valence-corrected chi connectivity index (χ3v) is 6.08. The number of nitrogens with one attached hydrogen (secondary N) is 1. The van der Waals surface area contributed by atoms with Crippen LogP contribution in [0.25, 0.3) is 21.9 Å². The van der Waals surface area contributed by atoms with E-state index in [1.165, 1.54) is 11.6 Å². The van der Waals surface area contributed by atoms with Gasteiger partial charge in [-0.15, -0.1) is 0 Å². The van der Waals surface area contributed by atoms with E-state index in [1.807, 2.05) is 6.07 Å². The summed E-state index contributed by atoms with van der Waals surface area (Å²) in [5.41, 5.74) is 2.98. The number of aromatic amines is 1. The lowest BCUT2D eigenvalue weighted by Crippen LogP contribution is -2.16. The van der Waals surface area contributed by atoms with E-state index in [-0.39, 0.29) is 5.82 Å². The molecule has 3 nitrogen and oxygen atoms in total. The smallest absolute Gasteiger partial charge is 0.161 e. The molecule has 1 N–H and O–H groups in total. The van der Waals surface area contributed by atoms with E-state index in [0.717, 1.165) is 61.0 Å². The van der Waals surface area contributed by atoms with Crippen LogP contribution in [0.5, 0.6) is 0 Å². The zero-order valence-corrected chi connectivity index (χ0v) is 15.8. The summed E-state index contributed by atoms with van der Waals surface area (Å²) in [7, 11) is 0. The first kappa shape index (κ1) is 18.2. The number of pyridine rings is 1. The fourth-order valence-electron chi connectivity index (χ4n) is 4.60. The zero-order chi connectivity index (χ0) is 20.0. The van der Waals surface area contributed by atoms with Crippen LogP contribution in [0.4, 0.5) is 13.2 Å². The van der Waals surface area contributed by atoms with Gasteiger partial charge in [-0.05, 0) is 67.3 Å². The predicted molar refractivity (Wildman–Crippen MR) is 106 cm³/mol. The zero-order valence-electron chi connectivity index (χ0n) is 15.8. The number of nitrogens with zero attached hydrogens (tertiary/aromatic N) is 2. The van der Waals surface area contributed by atoms with Crippen LogP contribution in [0.2, 0.25) is 0 Å². The van der Waals surface area contributed by atoms with E-state index in [1.54, 1.807) is 18.3 Å². The lowest BCUT2D eigenvalue weighted by atomic mass is 9.77. The van der Waals surface area contributed by atoms with E-state index in [4.69, 9.17) is 0 Å². The van der Waals surface area contributed by atoms with Crippen molar-refractivity contribution >= 4 is 21.9 Å². The van der Waals surface area contributed by atoms with Gasteiger partial charge in [-0.25, -0.2) is 18.2 Å². The molecule has 1 fully saturated rings. The van der Waals surface area contributed by atoms with Crippen molar-refractivity contribution in [3.63, 3.8) is 0 Å². The van der Waals surface area contributed by atoms with Crippen LogP contribution in [0.3, 0.4) is 0 Å². The Kier molecular flexibility index (Phi) is 4.49. The Bertz CT molecular complexity index is 1150. The average Bonchev–Trinajstić information content (AvgIpc) is 3.09. The highest BCUT2D eigenvalue weighted by molar-refractivity contribution is 5.82. The molecular weight excluding hydrogens is 375 g/mol. The van der Waals surface area contributed by atoms with E-state index >= 15 is 0 Å². The highest BCUT2D eigenvalue weighted by Gasteiger charge is 2.25. The van der Waals surface area contributed by atoms with E-state index in [0.29, 0.717) is 22.9 Å². The predicted octanol–water partition coefficient (Wildman–Crippen LogP) is 6.04. The van der Waals surface area contributed by atoms with Crippen molar-refractivity contribution in [2.45, 2.75) is 38.0 Å². The van der Waals surface area contributed by atoms with Gasteiger partial charge in [0.1, 0.15) is 11.6 Å². The van der Waals surface area contributed by atoms with Crippen LogP contribution in [0, 0.1) is 23.4 Å². The SMILES string of the molecule is Fc1ccc2nccc([C@H]3CC[C@H](Cc4nc5cc(F)c(F)cc5[nH]4)CC3)c2c1. The first-order chi connectivity index (χ1) is 14.1. The maximum atomic E-state index is 13.7. The van der Waals surface area contributed by atoms with Gasteiger partial charge in [-0.3, -0.25) is 4.98 Å². The summed E-state index contributed by atoms with van der Waals surface area (Å²) in [6.07, 6.45) is 6.66. The van der Waals surface area contributed by atoms with Gasteiger partial charge in [-0.2, -0.15) is 0 Å². The molecule has 4 aromatic rings. The third-order valence-electron chi connectivity index (χ3n) is 6.08. The summed E-state index contributed by atoms with van der Waals surface area (Å²) in [4.78, 5) is 11.9. The number of hydrogen-bond donors (Lipinski definition) is 1. The van der Waals surface area contributed by atoms with Gasteiger partial charge < -0.3 is 4.98 Å². The molecule has 0 saturated heterocycles. The highest BCUT2D eigenvalue weighted by atomic mass is 19.2. The molecule has 0 radical (unpaired) electrons. The van der Waals surface area contributed by atoms with Crippen molar-refractivity contribution in [2.75, 3.05) is 0 Å². The highest BCUT2D eigenvalue weighted by Crippen LogP contribution is 2.39. The molecule has 2 aromatic heterocycles. The Morgan fingerprint density at radius 3 is 2.52 bits per heavy atom. The molecule has 0 unspecified atom stereocenters. The summed E-state index contributed by atoms with van der Waals surface area (Å²) in [6.45, 7) is 0. The van der Waals surface area contributed by atoms with Gasteiger partial charge in [0.15, 0.2) is 11.6 Å². The van der Waals surface area contributed by atoms with Crippen LogP contribution in [-0.2, 0) is 6.42 Å². The van der Waals surface area contributed by atoms with Gasteiger partial charge in [0.25, 0.3) is 0 Å². The van der Waals surface area contributed by atoms with Crippen LogP contribution in [0.15, 0.2) is 42.6 Å². The fourth-order valence-corrected chi connectivity index (χ4v) is 4.60. The standard InChI is InChI=1S/C23H20F3N3/c24-15-5-6-20-17(10-15)16(7-8-27-20)14-3-1-13(2-4-14)9-23-28-21-11-18(25)19(26)12-22(21)29-23/h5-8,10-14H,1-4,9H2,(H,28,29)/t13-,14-. The molecule has 0 aliphatic heterocycles. The second kappa shape index (κ2) is 7.17. The first-order valence-corrected chi connectivity index (χ1v) is 9.94. The summed E-state index contributed by atoms with van der Waals surface area (Å²) in [6, 6.07) is 9.06. The Balaban J connectivity index is 1.30. The Labute approximate surface area is 166 Å². The molecule has 0 atom stereocenters. The minimum Gasteiger partial charge on any atom is -0.342 e. The summed E-state index contributed by atoms with van der Waals surface area (Å²) >= 11 is 0. The maximum absolute atomic E-state index is 13.7. The molecule has 5 rings (SSSR count). The monoisotopic (exact) mass is 395 g/mol. The van der Waals surface area contributed by atoms with Gasteiger partial charge in [0, 0.05) is 30.1 Å². The normalized spacial score (nSPS) is 19.8. The summed E-state index contributed by atoms with van der Waals surface area (Å²) in [5.74, 6) is -0.363. The number of rotatable bonds is 3. The minimum absolute atomic E-state index is 0.238. The number of benzene rings is 2. The molecule has 2 aromatic carbocycles. The van der Waals surface area contributed by atoms with Crippen LogP contribution in [0.1, 0.15) is 43.0 Å². The first-order valence-electron chi connectivity index (χ1n) is 9.94. The fraction of sp³-hybridized carbons (Fsp3) is 0.304. The Hall–Kier alpha value is -2.89. The minimum atomic E-state index is -0.878. The Morgan fingerprint density at radius 1 is 0.897 bits per heavy atom. The number of imidazole rings is 1. The molecule has 148 valence electrons. The Morgan fingerprint density at radius 2 is 1.69 bits per heavy atom. The van der Waals surface area contributed by atoms with E-state index in [2.05, 4.69) is 15.0 Å². The number of H-pyrrole nitrogens is 1. The van der Waals surface area contributed by atoms with Crippen molar-refractivity contribution < 1.29 is 13.2 Å². The van der Waals surface area contributed by atoms with Crippen LogP contribution in [-0.4, -0.2) is 15.0 Å². The van der Waals surface area contributed by atoms with E-state index in [9.17, 15) is 13.2 Å². The van der Waals surface area contributed by atoms with Gasteiger partial charge in [0.2, 0.25) is 0 Å². The van der Waals surface area contributed by atoms with Crippen LogP contribution < -0.4 is 0 Å². The van der Waals surface area contributed by atoms with Crippen LogP contribution >= 0.6 is 0 Å². The number of halogens is 3. The number of fused-ring (bicyclic) bond motifs is 2. The average molecular weight is 395 g/mol. The molecule has 1 aliphatic rings. The molecule has 6 heteroatoms. The van der Waals surface area contributed by atoms with Crippen molar-refractivity contribution in [2.24, 2.45) is 5.92 Å². The van der Waals surface area contributed by atoms with Crippen molar-refractivity contribution in [1.29, 1.82) is 0 Å². The number of aromatic nitrogens is 3. The molecule has 1 saturated carbocycles. The third kappa shape index (κ3) is 3.48. The maximum Gasteiger partial charge on any atom is 0.161 e. The summed E-state index contributed by atoms with van der Waals surface area (Å²) < 4.78 is 40.5. The lowest BCUT2D eigenvalue weighted by Gasteiger charge is -2.29. The molecule has 0 spiro atoms. The lowest BCUT2D eigenvalue weighted by molar-refractivity contribution is 0.322. The number of hydrogen-bond acceptors (Lipinski definition) is 2. The summed E-state index contributed by atoms with van der Waals surface area (Å²) in [5, 5.41) is 0.900. The van der Waals surface area contributed by atoms with Gasteiger partial charge in [0.05, 0.1) is 16.6 Å². The second-order valence-electron chi connectivity index (χ2n) is 7.95. The molecular formula is C23H20F3N3. The molecule has 0 amide bonds. The van der Waals surface area contributed by atoms with Gasteiger partial charge in [-0.1, -0.05) is 0 Å². The van der Waals surface area contributed by atoms with Crippen molar-refractivity contribution in [1.82, 2.24) is 15.0 Å². The largest absolute Gasteiger partial charge is 0.342 e. The molecule has 0 bridgehead atoms. The molecule has 2 heterocycles. The van der Waals surface area contributed by atoms with Crippen molar-refractivity contribution in [3.05, 3.63) is 71.4 Å².